The topological polar surface area (TPSA) is 53.3 Å². The van der Waals surface area contributed by atoms with E-state index in [-0.39, 0.29) is 11.7 Å². The lowest BCUT2D eigenvalue weighted by atomic mass is 10.1. The van der Waals surface area contributed by atoms with Gasteiger partial charge >= 0.3 is 0 Å². The molecule has 0 aromatic heterocycles. The number of nitriles is 1. The summed E-state index contributed by atoms with van der Waals surface area (Å²) in [6.45, 7) is 3.37. The molecule has 2 rings (SSSR count). The van der Waals surface area contributed by atoms with Gasteiger partial charge in [0.2, 0.25) is 0 Å². The van der Waals surface area contributed by atoms with Crippen LogP contribution in [0.1, 0.15) is 31.0 Å². The normalized spacial score (nSPS) is 12.8. The lowest BCUT2D eigenvalue weighted by Crippen LogP contribution is -2.39. The number of hydrogen-bond acceptors (Lipinski definition) is 3. The van der Waals surface area contributed by atoms with E-state index in [1.807, 2.05) is 6.07 Å². The number of para-hydroxylation sites is 1. The van der Waals surface area contributed by atoms with Gasteiger partial charge in [-0.1, -0.05) is 30.3 Å². The van der Waals surface area contributed by atoms with Crippen molar-refractivity contribution in [3.8, 4) is 11.8 Å². The van der Waals surface area contributed by atoms with Crippen LogP contribution in [0.15, 0.2) is 48.5 Å². The summed E-state index contributed by atoms with van der Waals surface area (Å²) >= 11 is 0. The van der Waals surface area contributed by atoms with Gasteiger partial charge in [-0.15, -0.1) is 0 Å². The van der Waals surface area contributed by atoms with Gasteiger partial charge in [0.25, 0.3) is 5.91 Å². The number of carbonyl (C=O) groups excluding carboxylic acids is 1. The smallest absolute Gasteiger partial charge is 0.263 e. The third-order valence-corrected chi connectivity index (χ3v) is 3.94. The second-order valence-electron chi connectivity index (χ2n) is 5.51. The van der Waals surface area contributed by atoms with Crippen LogP contribution in [0.4, 0.5) is 4.39 Å². The van der Waals surface area contributed by atoms with Crippen molar-refractivity contribution in [2.75, 3.05) is 7.05 Å². The van der Waals surface area contributed by atoms with Crippen molar-refractivity contribution < 1.29 is 13.9 Å². The fourth-order valence-corrected chi connectivity index (χ4v) is 2.40. The van der Waals surface area contributed by atoms with Gasteiger partial charge in [0, 0.05) is 12.6 Å². The minimum atomic E-state index is -0.793. The number of nitrogens with zero attached hydrogens (tertiary/aromatic N) is 2. The zero-order valence-electron chi connectivity index (χ0n) is 13.9. The van der Waals surface area contributed by atoms with E-state index in [1.54, 1.807) is 63.4 Å². The molecule has 0 saturated heterocycles. The fraction of sp³-hybridized carbons (Fsp3) is 0.263. The maximum atomic E-state index is 13.9. The zero-order chi connectivity index (χ0) is 17.7. The molecule has 0 spiro atoms. The molecule has 1 amide bonds. The van der Waals surface area contributed by atoms with Gasteiger partial charge in [0.05, 0.1) is 11.6 Å². The van der Waals surface area contributed by atoms with Crippen LogP contribution in [0.3, 0.4) is 0 Å². The van der Waals surface area contributed by atoms with Crippen LogP contribution in [-0.2, 0) is 4.79 Å². The molecule has 2 unspecified atom stereocenters. The van der Waals surface area contributed by atoms with E-state index in [4.69, 9.17) is 10.00 Å². The van der Waals surface area contributed by atoms with Crippen molar-refractivity contribution in [2.24, 2.45) is 0 Å². The summed E-state index contributed by atoms with van der Waals surface area (Å²) in [4.78, 5) is 14.0. The van der Waals surface area contributed by atoms with Crippen LogP contribution in [0.2, 0.25) is 0 Å². The van der Waals surface area contributed by atoms with Crippen LogP contribution in [0.25, 0.3) is 0 Å². The molecule has 2 aromatic carbocycles. The van der Waals surface area contributed by atoms with Gasteiger partial charge in [-0.05, 0) is 32.0 Å². The molecule has 0 aliphatic rings. The summed E-state index contributed by atoms with van der Waals surface area (Å²) in [5, 5.41) is 9.08. The van der Waals surface area contributed by atoms with E-state index in [9.17, 15) is 9.18 Å². The van der Waals surface area contributed by atoms with Crippen molar-refractivity contribution in [1.82, 2.24) is 4.90 Å². The van der Waals surface area contributed by atoms with Crippen molar-refractivity contribution in [3.05, 3.63) is 65.5 Å². The molecular formula is C19H19FN2O2. The lowest BCUT2D eigenvalue weighted by Gasteiger charge is -2.28. The van der Waals surface area contributed by atoms with Crippen molar-refractivity contribution in [2.45, 2.75) is 26.0 Å². The van der Waals surface area contributed by atoms with E-state index < -0.39 is 12.1 Å². The Bertz CT molecular complexity index is 770. The molecule has 0 heterocycles. The minimum Gasteiger partial charge on any atom is -0.480 e. The first-order valence-electron chi connectivity index (χ1n) is 7.62. The molecule has 4 nitrogen and oxygen atoms in total. The maximum absolute atomic E-state index is 13.9. The van der Waals surface area contributed by atoms with Crippen molar-refractivity contribution in [3.63, 3.8) is 0 Å². The molecular weight excluding hydrogens is 307 g/mol. The molecule has 0 bridgehead atoms. The summed E-state index contributed by atoms with van der Waals surface area (Å²) in [5.74, 6) is -0.292. The molecule has 0 saturated carbocycles. The SMILES string of the molecule is CC(Oc1ccccc1C#N)C(=O)N(C)C(C)c1ccccc1F. The number of carbonyl (C=O) groups is 1. The highest BCUT2D eigenvalue weighted by atomic mass is 19.1. The Balaban J connectivity index is 2.13. The monoisotopic (exact) mass is 326 g/mol. The minimum absolute atomic E-state index is 0.293. The van der Waals surface area contributed by atoms with Crippen LogP contribution >= 0.6 is 0 Å². The Morgan fingerprint density at radius 2 is 1.79 bits per heavy atom. The molecule has 5 heteroatoms. The summed E-state index contributed by atoms with van der Waals surface area (Å²) in [6, 6.07) is 14.7. The average Bonchev–Trinajstić information content (AvgIpc) is 2.60. The Morgan fingerprint density at radius 3 is 2.46 bits per heavy atom. The number of hydrogen-bond donors (Lipinski definition) is 0. The average molecular weight is 326 g/mol. The highest BCUT2D eigenvalue weighted by Crippen LogP contribution is 2.24. The van der Waals surface area contributed by atoms with Crippen LogP contribution in [-0.4, -0.2) is 24.0 Å². The standard InChI is InChI=1S/C19H19FN2O2/c1-13(16-9-5-6-10-17(16)20)22(3)19(23)14(2)24-18-11-7-4-8-15(18)12-21/h4-11,13-14H,1-3H3. The molecule has 0 radical (unpaired) electrons. The maximum Gasteiger partial charge on any atom is 0.263 e. The van der Waals surface area contributed by atoms with Gasteiger partial charge in [0.1, 0.15) is 17.6 Å². The Hall–Kier alpha value is -2.87. The largest absolute Gasteiger partial charge is 0.480 e. The Kier molecular flexibility index (Phi) is 5.54. The summed E-state index contributed by atoms with van der Waals surface area (Å²) in [5.41, 5.74) is 0.805. The second-order valence-corrected chi connectivity index (χ2v) is 5.51. The molecule has 2 aromatic rings. The quantitative estimate of drug-likeness (QED) is 0.842. The van der Waals surface area contributed by atoms with Gasteiger partial charge in [-0.3, -0.25) is 4.79 Å². The van der Waals surface area contributed by atoms with Gasteiger partial charge in [0.15, 0.2) is 6.10 Å². The van der Waals surface area contributed by atoms with E-state index in [0.717, 1.165) is 0 Å². The molecule has 0 aliphatic carbocycles. The Labute approximate surface area is 141 Å². The third kappa shape index (κ3) is 3.72. The van der Waals surface area contributed by atoms with Gasteiger partial charge < -0.3 is 9.64 Å². The van der Waals surface area contributed by atoms with Crippen LogP contribution < -0.4 is 4.74 Å². The van der Waals surface area contributed by atoms with Crippen LogP contribution in [0.5, 0.6) is 5.75 Å². The molecule has 24 heavy (non-hydrogen) atoms. The van der Waals surface area contributed by atoms with E-state index in [2.05, 4.69) is 0 Å². The Morgan fingerprint density at radius 1 is 1.17 bits per heavy atom. The van der Waals surface area contributed by atoms with Gasteiger partial charge in [-0.25, -0.2) is 4.39 Å². The van der Waals surface area contributed by atoms with E-state index >= 15 is 0 Å². The first-order valence-corrected chi connectivity index (χ1v) is 7.62. The second kappa shape index (κ2) is 7.60. The first kappa shape index (κ1) is 17.5. The van der Waals surface area contributed by atoms with Crippen molar-refractivity contribution >= 4 is 5.91 Å². The number of benzene rings is 2. The third-order valence-electron chi connectivity index (χ3n) is 3.94. The first-order chi connectivity index (χ1) is 11.5. The number of ether oxygens (including phenoxy) is 1. The number of amides is 1. The number of likely N-dealkylation sites (N-methyl/N-ethyl adjacent to an activating group) is 1. The molecule has 0 aliphatic heterocycles. The number of rotatable bonds is 5. The van der Waals surface area contributed by atoms with E-state index in [0.29, 0.717) is 16.9 Å². The van der Waals surface area contributed by atoms with E-state index in [1.165, 1.54) is 11.0 Å². The number of halogens is 1. The lowest BCUT2D eigenvalue weighted by molar-refractivity contribution is -0.138. The zero-order valence-corrected chi connectivity index (χ0v) is 13.9. The summed E-state index contributed by atoms with van der Waals surface area (Å²) in [6.07, 6.45) is -0.793. The van der Waals surface area contributed by atoms with Gasteiger partial charge in [-0.2, -0.15) is 5.26 Å². The molecule has 2 atom stereocenters. The van der Waals surface area contributed by atoms with Crippen molar-refractivity contribution in [1.29, 1.82) is 5.26 Å². The molecule has 124 valence electrons. The fourth-order valence-electron chi connectivity index (χ4n) is 2.40. The molecule has 0 fully saturated rings. The molecule has 0 N–H and O–H groups in total. The predicted octanol–water partition coefficient (Wildman–Crippen LogP) is 3.68. The highest BCUT2D eigenvalue weighted by molar-refractivity contribution is 5.81. The summed E-state index contributed by atoms with van der Waals surface area (Å²) < 4.78 is 19.5. The highest BCUT2D eigenvalue weighted by Gasteiger charge is 2.25. The van der Waals surface area contributed by atoms with Crippen LogP contribution in [0, 0.1) is 17.1 Å². The predicted molar refractivity (Wildman–Crippen MR) is 88.8 cm³/mol. The summed E-state index contributed by atoms with van der Waals surface area (Å²) in [7, 11) is 1.61.